The minimum absolute atomic E-state index is 0.0666. The molecule has 1 fully saturated rings. The number of ether oxygens (including phenoxy) is 1. The molecule has 3 rings (SSSR count). The molecule has 3 N–H and O–H groups in total. The second-order valence-corrected chi connectivity index (χ2v) is 5.99. The number of β-amino-alcohol motifs (C(OH)–C–C–N with tert-alkyl or cyclic N) is 1. The first-order valence-corrected chi connectivity index (χ1v) is 8.15. The summed E-state index contributed by atoms with van der Waals surface area (Å²) in [6.07, 6.45) is 0.0476. The lowest BCUT2D eigenvalue weighted by atomic mass is 10.1. The number of hydrogen-bond donors (Lipinski definition) is 3. The van der Waals surface area contributed by atoms with Crippen LogP contribution in [0.25, 0.3) is 0 Å². The van der Waals surface area contributed by atoms with E-state index >= 15 is 0 Å². The van der Waals surface area contributed by atoms with Crippen LogP contribution in [0.2, 0.25) is 0 Å². The SMILES string of the molecule is O=C(NCc1ccc(COc2ccccc2)cc1)[C@H]1C[C@@H](O)CN1. The van der Waals surface area contributed by atoms with Gasteiger partial charge in [-0.15, -0.1) is 0 Å². The van der Waals surface area contributed by atoms with Crippen molar-refractivity contribution >= 4 is 5.91 Å². The Labute approximate surface area is 141 Å². The van der Waals surface area contributed by atoms with Crippen LogP contribution in [-0.2, 0) is 17.9 Å². The maximum Gasteiger partial charge on any atom is 0.237 e. The zero-order valence-electron chi connectivity index (χ0n) is 13.4. The number of aliphatic hydroxyl groups is 1. The van der Waals surface area contributed by atoms with Crippen molar-refractivity contribution in [2.24, 2.45) is 0 Å². The average Bonchev–Trinajstić information content (AvgIpc) is 3.06. The highest BCUT2D eigenvalue weighted by molar-refractivity contribution is 5.82. The number of nitrogens with one attached hydrogen (secondary N) is 2. The van der Waals surface area contributed by atoms with Gasteiger partial charge in [-0.2, -0.15) is 0 Å². The largest absolute Gasteiger partial charge is 0.489 e. The topological polar surface area (TPSA) is 70.6 Å². The lowest BCUT2D eigenvalue weighted by Crippen LogP contribution is -2.39. The standard InChI is InChI=1S/C19H22N2O3/c22-16-10-18(20-12-16)19(23)21-11-14-6-8-15(9-7-14)13-24-17-4-2-1-3-5-17/h1-9,16,18,20,22H,10-13H2,(H,21,23)/t16-,18-/m1/s1. The highest BCUT2D eigenvalue weighted by atomic mass is 16.5. The molecule has 0 radical (unpaired) electrons. The fraction of sp³-hybridized carbons (Fsp3) is 0.316. The zero-order valence-corrected chi connectivity index (χ0v) is 13.4. The van der Waals surface area contributed by atoms with E-state index in [2.05, 4.69) is 10.6 Å². The summed E-state index contributed by atoms with van der Waals surface area (Å²) in [6, 6.07) is 17.4. The van der Waals surface area contributed by atoms with Crippen molar-refractivity contribution in [3.8, 4) is 5.75 Å². The van der Waals surface area contributed by atoms with Crippen LogP contribution < -0.4 is 15.4 Å². The Morgan fingerprint density at radius 1 is 1.12 bits per heavy atom. The average molecular weight is 326 g/mol. The molecule has 2 aromatic rings. The van der Waals surface area contributed by atoms with E-state index in [1.165, 1.54) is 0 Å². The third kappa shape index (κ3) is 4.57. The molecular weight excluding hydrogens is 304 g/mol. The van der Waals surface area contributed by atoms with E-state index in [0.29, 0.717) is 26.1 Å². The van der Waals surface area contributed by atoms with Crippen molar-refractivity contribution in [2.45, 2.75) is 31.7 Å². The first kappa shape index (κ1) is 16.5. The predicted octanol–water partition coefficient (Wildman–Crippen LogP) is 1.60. The van der Waals surface area contributed by atoms with E-state index in [-0.39, 0.29) is 11.9 Å². The highest BCUT2D eigenvalue weighted by Crippen LogP contribution is 2.12. The minimum Gasteiger partial charge on any atom is -0.489 e. The summed E-state index contributed by atoms with van der Waals surface area (Å²) in [5.74, 6) is 0.781. The number of para-hydroxylation sites is 1. The Kier molecular flexibility index (Phi) is 5.46. The van der Waals surface area contributed by atoms with E-state index in [4.69, 9.17) is 4.74 Å². The summed E-state index contributed by atoms with van der Waals surface area (Å²) in [5, 5.41) is 15.3. The smallest absolute Gasteiger partial charge is 0.237 e. The van der Waals surface area contributed by atoms with Gasteiger partial charge < -0.3 is 20.5 Å². The van der Waals surface area contributed by atoms with Gasteiger partial charge in [0, 0.05) is 13.1 Å². The van der Waals surface area contributed by atoms with Crippen LogP contribution >= 0.6 is 0 Å². The van der Waals surface area contributed by atoms with Crippen molar-refractivity contribution in [2.75, 3.05) is 6.54 Å². The second kappa shape index (κ2) is 7.95. The normalized spacial score (nSPS) is 19.9. The molecule has 1 amide bonds. The summed E-state index contributed by atoms with van der Waals surface area (Å²) in [7, 11) is 0. The van der Waals surface area contributed by atoms with Gasteiger partial charge in [0.2, 0.25) is 5.91 Å². The van der Waals surface area contributed by atoms with Crippen LogP contribution in [0.1, 0.15) is 17.5 Å². The fourth-order valence-corrected chi connectivity index (χ4v) is 2.67. The van der Waals surface area contributed by atoms with Gasteiger partial charge in [0.1, 0.15) is 12.4 Å². The maximum atomic E-state index is 12.0. The van der Waals surface area contributed by atoms with Gasteiger partial charge in [-0.3, -0.25) is 4.79 Å². The lowest BCUT2D eigenvalue weighted by Gasteiger charge is -2.11. The minimum atomic E-state index is -0.426. The Balaban J connectivity index is 1.45. The summed E-state index contributed by atoms with van der Waals surface area (Å²) in [5.41, 5.74) is 2.11. The quantitative estimate of drug-likeness (QED) is 0.754. The van der Waals surface area contributed by atoms with E-state index in [1.54, 1.807) is 0 Å². The molecule has 5 heteroatoms. The second-order valence-electron chi connectivity index (χ2n) is 5.99. The van der Waals surface area contributed by atoms with Crippen molar-refractivity contribution < 1.29 is 14.6 Å². The molecule has 0 saturated carbocycles. The molecular formula is C19H22N2O3. The van der Waals surface area contributed by atoms with Crippen LogP contribution in [0.5, 0.6) is 5.75 Å². The van der Waals surface area contributed by atoms with Crippen molar-refractivity contribution in [1.29, 1.82) is 0 Å². The lowest BCUT2D eigenvalue weighted by molar-refractivity contribution is -0.123. The van der Waals surface area contributed by atoms with Gasteiger partial charge in [-0.05, 0) is 29.7 Å². The van der Waals surface area contributed by atoms with E-state index in [1.807, 2.05) is 54.6 Å². The first-order valence-electron chi connectivity index (χ1n) is 8.15. The molecule has 126 valence electrons. The summed E-state index contributed by atoms with van der Waals surface area (Å²) < 4.78 is 5.71. The van der Waals surface area contributed by atoms with Gasteiger partial charge in [0.25, 0.3) is 0 Å². The molecule has 1 heterocycles. The van der Waals surface area contributed by atoms with Gasteiger partial charge in [-0.1, -0.05) is 42.5 Å². The number of amides is 1. The molecule has 2 aromatic carbocycles. The van der Waals surface area contributed by atoms with Gasteiger partial charge in [0.05, 0.1) is 12.1 Å². The number of benzene rings is 2. The van der Waals surface area contributed by atoms with Crippen molar-refractivity contribution in [1.82, 2.24) is 10.6 Å². The van der Waals surface area contributed by atoms with Gasteiger partial charge in [-0.25, -0.2) is 0 Å². The number of rotatable bonds is 6. The van der Waals surface area contributed by atoms with E-state index < -0.39 is 6.10 Å². The Bertz CT molecular complexity index is 658. The van der Waals surface area contributed by atoms with Crippen molar-refractivity contribution in [3.05, 3.63) is 65.7 Å². The highest BCUT2D eigenvalue weighted by Gasteiger charge is 2.27. The Morgan fingerprint density at radius 2 is 1.83 bits per heavy atom. The van der Waals surface area contributed by atoms with Crippen LogP contribution in [-0.4, -0.2) is 29.7 Å². The van der Waals surface area contributed by atoms with Crippen molar-refractivity contribution in [3.63, 3.8) is 0 Å². The maximum absolute atomic E-state index is 12.0. The molecule has 1 aliphatic heterocycles. The molecule has 1 aliphatic rings. The van der Waals surface area contributed by atoms with Crippen LogP contribution in [0, 0.1) is 0 Å². The van der Waals surface area contributed by atoms with E-state index in [9.17, 15) is 9.90 Å². The molecule has 1 saturated heterocycles. The first-order chi connectivity index (χ1) is 11.7. The van der Waals surface area contributed by atoms with Gasteiger partial charge in [0.15, 0.2) is 0 Å². The van der Waals surface area contributed by atoms with Crippen LogP contribution in [0.4, 0.5) is 0 Å². The molecule has 0 aromatic heterocycles. The molecule has 0 spiro atoms. The number of hydrogen-bond acceptors (Lipinski definition) is 4. The number of aliphatic hydroxyl groups excluding tert-OH is 1. The molecule has 0 bridgehead atoms. The van der Waals surface area contributed by atoms with Crippen LogP contribution in [0.3, 0.4) is 0 Å². The van der Waals surface area contributed by atoms with Gasteiger partial charge >= 0.3 is 0 Å². The summed E-state index contributed by atoms with van der Waals surface area (Å²) in [4.78, 5) is 12.0. The predicted molar refractivity (Wildman–Crippen MR) is 91.5 cm³/mol. The number of carbonyl (C=O) groups excluding carboxylic acids is 1. The molecule has 0 unspecified atom stereocenters. The monoisotopic (exact) mass is 326 g/mol. The van der Waals surface area contributed by atoms with Crippen LogP contribution in [0.15, 0.2) is 54.6 Å². The Morgan fingerprint density at radius 3 is 2.50 bits per heavy atom. The Hall–Kier alpha value is -2.37. The third-order valence-electron chi connectivity index (χ3n) is 4.06. The number of carbonyl (C=O) groups is 1. The fourth-order valence-electron chi connectivity index (χ4n) is 2.67. The molecule has 2 atom stereocenters. The molecule has 24 heavy (non-hydrogen) atoms. The summed E-state index contributed by atoms with van der Waals surface area (Å²) in [6.45, 7) is 1.47. The third-order valence-corrected chi connectivity index (χ3v) is 4.06. The zero-order chi connectivity index (χ0) is 16.8. The molecule has 5 nitrogen and oxygen atoms in total. The van der Waals surface area contributed by atoms with E-state index in [0.717, 1.165) is 16.9 Å². The summed E-state index contributed by atoms with van der Waals surface area (Å²) >= 11 is 0. The molecule has 0 aliphatic carbocycles.